The molecule has 1 aromatic carbocycles. The summed E-state index contributed by atoms with van der Waals surface area (Å²) in [7, 11) is 0. The fourth-order valence-electron chi connectivity index (χ4n) is 3.56. The maximum Gasteiger partial charge on any atom is 0.226 e. The lowest BCUT2D eigenvalue weighted by atomic mass is 10.0. The molecule has 0 radical (unpaired) electrons. The Hall–Kier alpha value is -1.72. The monoisotopic (exact) mass is 341 g/mol. The first-order valence-electron chi connectivity index (χ1n) is 9.41. The van der Waals surface area contributed by atoms with Gasteiger partial charge in [-0.1, -0.05) is 49.3 Å². The molecule has 25 heavy (non-hydrogen) atoms. The van der Waals surface area contributed by atoms with Gasteiger partial charge in [0, 0.05) is 19.5 Å². The Bertz CT molecular complexity index is 681. The van der Waals surface area contributed by atoms with E-state index in [0.717, 1.165) is 43.7 Å². The summed E-state index contributed by atoms with van der Waals surface area (Å²) >= 11 is 0. The highest BCUT2D eigenvalue weighted by atomic mass is 16.5. The van der Waals surface area contributed by atoms with E-state index in [2.05, 4.69) is 59.2 Å². The zero-order valence-electron chi connectivity index (χ0n) is 15.1. The number of aromatic nitrogens is 2. The van der Waals surface area contributed by atoms with Crippen molar-refractivity contribution in [3.63, 3.8) is 0 Å². The molecular formula is C20H27N3O2. The van der Waals surface area contributed by atoms with E-state index in [1.807, 2.05) is 0 Å². The van der Waals surface area contributed by atoms with Gasteiger partial charge in [-0.2, -0.15) is 4.98 Å². The zero-order chi connectivity index (χ0) is 17.2. The lowest BCUT2D eigenvalue weighted by Gasteiger charge is -2.38. The van der Waals surface area contributed by atoms with Crippen molar-refractivity contribution in [2.75, 3.05) is 13.1 Å². The summed E-state index contributed by atoms with van der Waals surface area (Å²) in [6.07, 6.45) is 3.87. The van der Waals surface area contributed by atoms with Crippen LogP contribution in [0.2, 0.25) is 0 Å². The van der Waals surface area contributed by atoms with Gasteiger partial charge < -0.3 is 9.26 Å². The first kappa shape index (κ1) is 16.7. The Morgan fingerprint density at radius 2 is 1.96 bits per heavy atom. The molecule has 1 saturated carbocycles. The van der Waals surface area contributed by atoms with E-state index in [9.17, 15) is 0 Å². The third-order valence-electron chi connectivity index (χ3n) is 4.98. The minimum atomic E-state index is 0.127. The van der Waals surface area contributed by atoms with E-state index < -0.39 is 0 Å². The van der Waals surface area contributed by atoms with Crippen molar-refractivity contribution in [1.82, 2.24) is 15.0 Å². The molecular weight excluding hydrogens is 314 g/mol. The molecule has 0 bridgehead atoms. The molecule has 0 spiro atoms. The van der Waals surface area contributed by atoms with Crippen molar-refractivity contribution in [3.8, 4) is 0 Å². The first-order valence-corrected chi connectivity index (χ1v) is 9.41. The molecule has 0 amide bonds. The highest BCUT2D eigenvalue weighted by Crippen LogP contribution is 2.39. The molecule has 1 aliphatic carbocycles. The molecule has 2 aliphatic rings. The van der Waals surface area contributed by atoms with Gasteiger partial charge in [0.25, 0.3) is 0 Å². The standard InChI is InChI=1S/C20H27N3O2/c1-14(2)10-20-21-19(22-25-20)13-23-11-17(15-6-4-3-5-7-15)24-18(12-23)16-8-9-16/h3-7,14,16-18H,8-13H2,1-2H3/t17-,18+/m0/s1. The molecule has 1 saturated heterocycles. The molecule has 2 fully saturated rings. The van der Waals surface area contributed by atoms with E-state index in [4.69, 9.17) is 9.26 Å². The maximum atomic E-state index is 6.42. The molecule has 4 rings (SSSR count). The van der Waals surface area contributed by atoms with Gasteiger partial charge in [-0.3, -0.25) is 4.90 Å². The number of hydrogen-bond donors (Lipinski definition) is 0. The summed E-state index contributed by atoms with van der Waals surface area (Å²) in [5.74, 6) is 2.78. The van der Waals surface area contributed by atoms with Crippen LogP contribution in [0.25, 0.3) is 0 Å². The fraction of sp³-hybridized carbons (Fsp3) is 0.600. The average molecular weight is 341 g/mol. The quantitative estimate of drug-likeness (QED) is 0.803. The van der Waals surface area contributed by atoms with Crippen LogP contribution in [-0.2, 0) is 17.7 Å². The summed E-state index contributed by atoms with van der Waals surface area (Å²) in [6.45, 7) is 6.90. The summed E-state index contributed by atoms with van der Waals surface area (Å²) in [6, 6.07) is 10.5. The third-order valence-corrected chi connectivity index (χ3v) is 4.98. The first-order chi connectivity index (χ1) is 12.2. The van der Waals surface area contributed by atoms with Crippen molar-refractivity contribution < 1.29 is 9.26 Å². The van der Waals surface area contributed by atoms with Gasteiger partial charge >= 0.3 is 0 Å². The van der Waals surface area contributed by atoms with Crippen molar-refractivity contribution in [1.29, 1.82) is 0 Å². The van der Waals surface area contributed by atoms with Crippen molar-refractivity contribution in [3.05, 3.63) is 47.6 Å². The van der Waals surface area contributed by atoms with E-state index in [0.29, 0.717) is 12.0 Å². The largest absolute Gasteiger partial charge is 0.367 e. The van der Waals surface area contributed by atoms with Crippen LogP contribution >= 0.6 is 0 Å². The van der Waals surface area contributed by atoms with Crippen LogP contribution in [0, 0.1) is 11.8 Å². The molecule has 2 atom stereocenters. The summed E-state index contributed by atoms with van der Waals surface area (Å²) in [5, 5.41) is 4.18. The van der Waals surface area contributed by atoms with Gasteiger partial charge in [0.05, 0.1) is 18.8 Å². The van der Waals surface area contributed by atoms with Gasteiger partial charge in [-0.25, -0.2) is 0 Å². The molecule has 134 valence electrons. The van der Waals surface area contributed by atoms with Crippen LogP contribution in [0.4, 0.5) is 0 Å². The minimum Gasteiger partial charge on any atom is -0.367 e. The van der Waals surface area contributed by atoms with E-state index in [1.165, 1.54) is 18.4 Å². The van der Waals surface area contributed by atoms with Crippen LogP contribution < -0.4 is 0 Å². The highest BCUT2D eigenvalue weighted by Gasteiger charge is 2.39. The molecule has 0 N–H and O–H groups in total. The number of ether oxygens (including phenoxy) is 1. The van der Waals surface area contributed by atoms with E-state index in [-0.39, 0.29) is 6.10 Å². The second-order valence-electron chi connectivity index (χ2n) is 7.81. The van der Waals surface area contributed by atoms with Crippen molar-refractivity contribution in [2.45, 2.75) is 51.9 Å². The predicted molar refractivity (Wildman–Crippen MR) is 94.9 cm³/mol. The lowest BCUT2D eigenvalue weighted by molar-refractivity contribution is -0.0991. The van der Waals surface area contributed by atoms with Crippen LogP contribution in [0.15, 0.2) is 34.9 Å². The molecule has 2 aromatic rings. The Morgan fingerprint density at radius 1 is 1.16 bits per heavy atom. The molecule has 1 aliphatic heterocycles. The van der Waals surface area contributed by atoms with Crippen LogP contribution in [-0.4, -0.2) is 34.2 Å². The molecule has 5 heteroatoms. The number of hydrogen-bond acceptors (Lipinski definition) is 5. The number of morpholine rings is 1. The number of benzene rings is 1. The lowest BCUT2D eigenvalue weighted by Crippen LogP contribution is -2.44. The van der Waals surface area contributed by atoms with Gasteiger partial charge in [0.15, 0.2) is 5.82 Å². The van der Waals surface area contributed by atoms with Gasteiger partial charge in [-0.05, 0) is 30.2 Å². The minimum absolute atomic E-state index is 0.127. The normalized spacial score (nSPS) is 24.8. The SMILES string of the molecule is CC(C)Cc1nc(CN2C[C@@H](c3ccccc3)O[C@@H](C3CC3)C2)no1. The summed E-state index contributed by atoms with van der Waals surface area (Å²) in [5.41, 5.74) is 1.26. The molecule has 0 unspecified atom stereocenters. The topological polar surface area (TPSA) is 51.4 Å². The van der Waals surface area contributed by atoms with Crippen molar-refractivity contribution in [2.24, 2.45) is 11.8 Å². The van der Waals surface area contributed by atoms with Crippen molar-refractivity contribution >= 4 is 0 Å². The van der Waals surface area contributed by atoms with Gasteiger partial charge in [0.2, 0.25) is 5.89 Å². The van der Waals surface area contributed by atoms with E-state index >= 15 is 0 Å². The maximum absolute atomic E-state index is 6.42. The summed E-state index contributed by atoms with van der Waals surface area (Å²) in [4.78, 5) is 6.99. The highest BCUT2D eigenvalue weighted by molar-refractivity contribution is 5.18. The number of rotatable bonds is 6. The predicted octanol–water partition coefficient (Wildman–Crippen LogP) is 3.62. The van der Waals surface area contributed by atoms with Gasteiger partial charge in [0.1, 0.15) is 0 Å². The Kier molecular flexibility index (Phi) is 4.86. The van der Waals surface area contributed by atoms with Crippen LogP contribution in [0.5, 0.6) is 0 Å². The second-order valence-corrected chi connectivity index (χ2v) is 7.81. The Labute approximate surface area is 149 Å². The Balaban J connectivity index is 1.45. The third kappa shape index (κ3) is 4.28. The fourth-order valence-corrected chi connectivity index (χ4v) is 3.56. The van der Waals surface area contributed by atoms with E-state index in [1.54, 1.807) is 0 Å². The smallest absolute Gasteiger partial charge is 0.226 e. The summed E-state index contributed by atoms with van der Waals surface area (Å²) < 4.78 is 11.8. The van der Waals surface area contributed by atoms with Gasteiger partial charge in [-0.15, -0.1) is 0 Å². The Morgan fingerprint density at radius 3 is 2.68 bits per heavy atom. The number of nitrogens with zero attached hydrogens (tertiary/aromatic N) is 3. The molecule has 2 heterocycles. The molecule has 1 aromatic heterocycles. The second kappa shape index (κ2) is 7.26. The average Bonchev–Trinajstić information content (AvgIpc) is 3.37. The molecule has 5 nitrogen and oxygen atoms in total. The zero-order valence-corrected chi connectivity index (χ0v) is 15.1. The van der Waals surface area contributed by atoms with Crippen LogP contribution in [0.1, 0.15) is 50.1 Å². The van der Waals surface area contributed by atoms with Crippen LogP contribution in [0.3, 0.4) is 0 Å².